The summed E-state index contributed by atoms with van der Waals surface area (Å²) in [6, 6.07) is 0. The molecule has 0 bridgehead atoms. The fourth-order valence-corrected chi connectivity index (χ4v) is 1.43. The van der Waals surface area contributed by atoms with Crippen molar-refractivity contribution in [1.29, 1.82) is 0 Å². The molecule has 0 radical (unpaired) electrons. The molecule has 0 aliphatic heterocycles. The molecule has 0 heterocycles. The Morgan fingerprint density at radius 3 is 1.89 bits per heavy atom. The van der Waals surface area contributed by atoms with Crippen LogP contribution in [-0.4, -0.2) is 23.6 Å². The quantitative estimate of drug-likeness (QED) is 0.704. The molecule has 108 valence electrons. The van der Waals surface area contributed by atoms with Crippen molar-refractivity contribution in [2.45, 2.75) is 46.5 Å². The number of nitrogens with two attached hydrogens (primary N) is 2. The molecule has 0 amide bonds. The molecule has 0 aliphatic rings. The first-order valence-corrected chi connectivity index (χ1v) is 7.13. The van der Waals surface area contributed by atoms with E-state index in [-0.39, 0.29) is 10.3 Å². The number of hydrogen-bond donors (Lipinski definition) is 2. The van der Waals surface area contributed by atoms with E-state index >= 15 is 0 Å². The molecule has 1 unspecified atom stereocenters. The van der Waals surface area contributed by atoms with Crippen LogP contribution in [0.5, 0.6) is 0 Å². The summed E-state index contributed by atoms with van der Waals surface area (Å²) in [5.41, 5.74) is 10.1. The summed E-state index contributed by atoms with van der Waals surface area (Å²) < 4.78 is 9.65. The predicted octanol–water partition coefficient (Wildman–Crippen LogP) is 2.73. The Labute approximate surface area is 121 Å². The largest absolute Gasteiger partial charge is 0.472 e. The summed E-state index contributed by atoms with van der Waals surface area (Å²) >= 11 is 8.98. The number of hydrogen-bond acceptors (Lipinski definition) is 4. The summed E-state index contributed by atoms with van der Waals surface area (Å²) in [5, 5.41) is 0.294. The summed E-state index contributed by atoms with van der Waals surface area (Å²) in [5.74, 6) is 0.617. The zero-order chi connectivity index (χ0) is 14.4. The van der Waals surface area contributed by atoms with Crippen LogP contribution >= 0.6 is 24.4 Å². The van der Waals surface area contributed by atoms with Gasteiger partial charge in [-0.15, -0.1) is 0 Å². The van der Waals surface area contributed by atoms with Gasteiger partial charge in [0.15, 0.2) is 0 Å². The van der Waals surface area contributed by atoms with Gasteiger partial charge in [0.2, 0.25) is 0 Å². The third-order valence-corrected chi connectivity index (χ3v) is 2.53. The van der Waals surface area contributed by atoms with Gasteiger partial charge in [-0.05, 0) is 43.7 Å². The lowest BCUT2D eigenvalue weighted by atomic mass is 10.0. The van der Waals surface area contributed by atoms with Gasteiger partial charge in [0, 0.05) is 0 Å². The second kappa shape index (κ2) is 14.4. The molecule has 0 aliphatic carbocycles. The molecule has 4 N–H and O–H groups in total. The fourth-order valence-electron chi connectivity index (χ4n) is 1.24. The first-order chi connectivity index (χ1) is 8.47. The molecule has 18 heavy (non-hydrogen) atoms. The number of rotatable bonds is 7. The molecule has 0 saturated heterocycles. The van der Waals surface area contributed by atoms with Crippen LogP contribution in [0.4, 0.5) is 0 Å². The molecule has 0 saturated carbocycles. The SMILES string of the molecule is CCCCC(CC)COC(N)=S.CCOC(N)=S. The maximum Gasteiger partial charge on any atom is 0.253 e. The van der Waals surface area contributed by atoms with Crippen LogP contribution < -0.4 is 11.5 Å². The number of ether oxygens (including phenoxy) is 2. The van der Waals surface area contributed by atoms with Gasteiger partial charge in [0.1, 0.15) is 0 Å². The van der Waals surface area contributed by atoms with Crippen molar-refractivity contribution in [1.82, 2.24) is 0 Å². The lowest BCUT2D eigenvalue weighted by molar-refractivity contribution is 0.225. The first-order valence-electron chi connectivity index (χ1n) is 6.32. The zero-order valence-electron chi connectivity index (χ0n) is 11.6. The van der Waals surface area contributed by atoms with Gasteiger partial charge in [-0.3, -0.25) is 0 Å². The second-order valence-corrected chi connectivity index (χ2v) is 4.60. The van der Waals surface area contributed by atoms with E-state index in [2.05, 4.69) is 43.0 Å². The highest BCUT2D eigenvalue weighted by molar-refractivity contribution is 7.80. The molecule has 1 atom stereocenters. The smallest absolute Gasteiger partial charge is 0.253 e. The topological polar surface area (TPSA) is 70.5 Å². The molecule has 0 aromatic rings. The van der Waals surface area contributed by atoms with E-state index in [9.17, 15) is 0 Å². The Kier molecular flexibility index (Phi) is 15.8. The van der Waals surface area contributed by atoms with Gasteiger partial charge >= 0.3 is 0 Å². The highest BCUT2D eigenvalue weighted by atomic mass is 32.1. The van der Waals surface area contributed by atoms with Crippen molar-refractivity contribution in [2.75, 3.05) is 13.2 Å². The van der Waals surface area contributed by atoms with Crippen molar-refractivity contribution >= 4 is 34.8 Å². The summed E-state index contributed by atoms with van der Waals surface area (Å²) in [6.07, 6.45) is 4.86. The van der Waals surface area contributed by atoms with E-state index in [0.717, 1.165) is 6.42 Å². The van der Waals surface area contributed by atoms with E-state index in [0.29, 0.717) is 19.1 Å². The van der Waals surface area contributed by atoms with Crippen LogP contribution in [0, 0.1) is 5.92 Å². The van der Waals surface area contributed by atoms with E-state index in [1.54, 1.807) is 0 Å². The standard InChI is InChI=1S/C9H19NOS.C3H7NOS/c1-3-5-6-8(4-2)7-11-9(10)12;1-2-5-3(4)6/h8H,3-7H2,1-2H3,(H2,10,12);2H2,1H3,(H2,4,6). The van der Waals surface area contributed by atoms with Crippen molar-refractivity contribution in [3.05, 3.63) is 0 Å². The van der Waals surface area contributed by atoms with E-state index in [4.69, 9.17) is 16.2 Å². The molecule has 6 heteroatoms. The number of unbranched alkanes of at least 4 members (excludes halogenated alkanes) is 1. The normalized spacial score (nSPS) is 10.8. The van der Waals surface area contributed by atoms with Crippen LogP contribution in [0.25, 0.3) is 0 Å². The lowest BCUT2D eigenvalue weighted by Crippen LogP contribution is -2.18. The molecule has 0 fully saturated rings. The predicted molar refractivity (Wildman–Crippen MR) is 84.5 cm³/mol. The van der Waals surface area contributed by atoms with Crippen LogP contribution in [0.1, 0.15) is 46.5 Å². The maximum absolute atomic E-state index is 5.23. The lowest BCUT2D eigenvalue weighted by Gasteiger charge is -2.13. The van der Waals surface area contributed by atoms with Crippen LogP contribution in [0.2, 0.25) is 0 Å². The maximum atomic E-state index is 5.23. The third kappa shape index (κ3) is 17.8. The van der Waals surface area contributed by atoms with E-state index < -0.39 is 0 Å². The zero-order valence-corrected chi connectivity index (χ0v) is 13.2. The monoisotopic (exact) mass is 294 g/mol. The first kappa shape index (κ1) is 19.7. The van der Waals surface area contributed by atoms with Crippen LogP contribution in [-0.2, 0) is 9.47 Å². The van der Waals surface area contributed by atoms with Gasteiger partial charge in [0.25, 0.3) is 10.3 Å². The minimum atomic E-state index is 0.123. The van der Waals surface area contributed by atoms with E-state index in [1.165, 1.54) is 19.3 Å². The van der Waals surface area contributed by atoms with Gasteiger partial charge in [-0.2, -0.15) is 0 Å². The van der Waals surface area contributed by atoms with Gasteiger partial charge in [-0.1, -0.05) is 33.1 Å². The molecule has 0 aromatic heterocycles. The average Bonchev–Trinajstić information content (AvgIpc) is 2.29. The summed E-state index contributed by atoms with van der Waals surface area (Å²) in [4.78, 5) is 0. The Morgan fingerprint density at radius 2 is 1.61 bits per heavy atom. The van der Waals surface area contributed by atoms with Gasteiger partial charge in [-0.25, -0.2) is 0 Å². The summed E-state index contributed by atoms with van der Waals surface area (Å²) in [7, 11) is 0. The molecular weight excluding hydrogens is 268 g/mol. The Balaban J connectivity index is 0. The average molecular weight is 294 g/mol. The molecule has 0 rings (SSSR count). The minimum Gasteiger partial charge on any atom is -0.472 e. The van der Waals surface area contributed by atoms with Gasteiger partial charge < -0.3 is 20.9 Å². The molecule has 0 aromatic carbocycles. The van der Waals surface area contributed by atoms with Crippen LogP contribution in [0.15, 0.2) is 0 Å². The Morgan fingerprint density at radius 1 is 1.06 bits per heavy atom. The third-order valence-electron chi connectivity index (χ3n) is 2.29. The van der Waals surface area contributed by atoms with Gasteiger partial charge in [0.05, 0.1) is 13.2 Å². The Bertz CT molecular complexity index is 226. The van der Waals surface area contributed by atoms with Crippen LogP contribution in [0.3, 0.4) is 0 Å². The van der Waals surface area contributed by atoms with Crippen molar-refractivity contribution in [2.24, 2.45) is 17.4 Å². The molecular formula is C12H26N2O2S2. The Hall–Kier alpha value is -0.620. The van der Waals surface area contributed by atoms with Crippen molar-refractivity contribution in [3.63, 3.8) is 0 Å². The van der Waals surface area contributed by atoms with Crippen molar-refractivity contribution in [3.8, 4) is 0 Å². The molecule has 4 nitrogen and oxygen atoms in total. The fraction of sp³-hybridized carbons (Fsp3) is 0.833. The number of thiocarbonyl (C=S) groups is 2. The second-order valence-electron chi connectivity index (χ2n) is 3.80. The molecule has 0 spiro atoms. The highest BCUT2D eigenvalue weighted by Gasteiger charge is 2.06. The summed E-state index contributed by atoms with van der Waals surface area (Å²) in [6.45, 7) is 7.45. The van der Waals surface area contributed by atoms with Crippen molar-refractivity contribution < 1.29 is 9.47 Å². The van der Waals surface area contributed by atoms with E-state index in [1.807, 2.05) is 6.92 Å². The highest BCUT2D eigenvalue weighted by Crippen LogP contribution is 2.12. The minimum absolute atomic E-state index is 0.123.